The number of piperazine rings is 1. The SMILES string of the molecule is O=S(=O)(c1cc(F)c(Br)cc1F)N1CCNCC1. The first-order valence-corrected chi connectivity index (χ1v) is 7.51. The molecule has 0 aromatic heterocycles. The Bertz CT molecular complexity index is 559. The zero-order chi connectivity index (χ0) is 13.3. The van der Waals surface area contributed by atoms with Crippen LogP contribution in [0.25, 0.3) is 0 Å². The van der Waals surface area contributed by atoms with Crippen molar-refractivity contribution in [1.82, 2.24) is 9.62 Å². The molecule has 0 aliphatic carbocycles. The fraction of sp³-hybridized carbons (Fsp3) is 0.400. The molecule has 18 heavy (non-hydrogen) atoms. The van der Waals surface area contributed by atoms with Crippen LogP contribution in [0.2, 0.25) is 0 Å². The van der Waals surface area contributed by atoms with Gasteiger partial charge in [-0.2, -0.15) is 4.31 Å². The molecular formula is C10H11BrF2N2O2S. The third-order valence-corrected chi connectivity index (χ3v) is 5.19. The fourth-order valence-electron chi connectivity index (χ4n) is 1.73. The van der Waals surface area contributed by atoms with Crippen molar-refractivity contribution in [2.75, 3.05) is 26.2 Å². The summed E-state index contributed by atoms with van der Waals surface area (Å²) < 4.78 is 52.4. The molecule has 0 saturated carbocycles. The van der Waals surface area contributed by atoms with E-state index in [1.807, 2.05) is 0 Å². The van der Waals surface area contributed by atoms with Gasteiger partial charge in [-0.05, 0) is 28.1 Å². The zero-order valence-electron chi connectivity index (χ0n) is 9.29. The summed E-state index contributed by atoms with van der Waals surface area (Å²) in [6, 6.07) is 1.53. The highest BCUT2D eigenvalue weighted by atomic mass is 79.9. The standard InChI is InChI=1S/C10H11BrF2N2O2S/c11-7-5-9(13)10(6-8(7)12)18(16,17)15-3-1-14-2-4-15/h5-6,14H,1-4H2. The Balaban J connectivity index is 2.43. The van der Waals surface area contributed by atoms with Gasteiger partial charge in [0.15, 0.2) is 0 Å². The van der Waals surface area contributed by atoms with Crippen LogP contribution in [0.3, 0.4) is 0 Å². The first-order valence-electron chi connectivity index (χ1n) is 5.28. The fourth-order valence-corrected chi connectivity index (χ4v) is 3.54. The highest BCUT2D eigenvalue weighted by Crippen LogP contribution is 2.25. The third-order valence-electron chi connectivity index (χ3n) is 2.67. The molecule has 1 fully saturated rings. The van der Waals surface area contributed by atoms with Crippen molar-refractivity contribution in [3.63, 3.8) is 0 Å². The van der Waals surface area contributed by atoms with E-state index in [1.165, 1.54) is 0 Å². The second-order valence-corrected chi connectivity index (χ2v) is 6.61. The van der Waals surface area contributed by atoms with E-state index >= 15 is 0 Å². The van der Waals surface area contributed by atoms with Gasteiger partial charge in [0.2, 0.25) is 10.0 Å². The quantitative estimate of drug-likeness (QED) is 0.826. The molecule has 0 radical (unpaired) electrons. The van der Waals surface area contributed by atoms with Crippen LogP contribution in [-0.2, 0) is 10.0 Å². The van der Waals surface area contributed by atoms with Crippen molar-refractivity contribution in [3.8, 4) is 0 Å². The number of rotatable bonds is 2. The Labute approximate surface area is 112 Å². The van der Waals surface area contributed by atoms with Gasteiger partial charge in [0.25, 0.3) is 0 Å². The maximum atomic E-state index is 13.7. The number of benzene rings is 1. The van der Waals surface area contributed by atoms with Gasteiger partial charge in [0, 0.05) is 26.2 Å². The summed E-state index contributed by atoms with van der Waals surface area (Å²) in [6.45, 7) is 1.50. The molecule has 1 saturated heterocycles. The number of nitrogens with one attached hydrogen (secondary N) is 1. The lowest BCUT2D eigenvalue weighted by Gasteiger charge is -2.26. The summed E-state index contributed by atoms with van der Waals surface area (Å²) in [5.74, 6) is -1.76. The van der Waals surface area contributed by atoms with Crippen LogP contribution < -0.4 is 5.32 Å². The van der Waals surface area contributed by atoms with Gasteiger partial charge in [-0.3, -0.25) is 0 Å². The molecule has 2 rings (SSSR count). The molecule has 1 aromatic rings. The van der Waals surface area contributed by atoms with Crippen LogP contribution in [-0.4, -0.2) is 38.9 Å². The van der Waals surface area contributed by atoms with Crippen molar-refractivity contribution in [2.45, 2.75) is 4.90 Å². The molecule has 1 N–H and O–H groups in total. The van der Waals surface area contributed by atoms with Crippen molar-refractivity contribution >= 4 is 26.0 Å². The second-order valence-electron chi connectivity index (χ2n) is 3.85. The Morgan fingerprint density at radius 1 is 1.17 bits per heavy atom. The lowest BCUT2D eigenvalue weighted by Crippen LogP contribution is -2.46. The molecule has 1 aromatic carbocycles. The minimum atomic E-state index is -3.97. The van der Waals surface area contributed by atoms with Crippen LogP contribution in [0.1, 0.15) is 0 Å². The minimum absolute atomic E-state index is 0.0979. The second kappa shape index (κ2) is 5.20. The summed E-state index contributed by atoms with van der Waals surface area (Å²) in [5.41, 5.74) is 0. The first kappa shape index (κ1) is 13.9. The lowest BCUT2D eigenvalue weighted by molar-refractivity contribution is 0.358. The average molecular weight is 341 g/mol. The molecule has 1 heterocycles. The molecule has 4 nitrogen and oxygen atoms in total. The van der Waals surface area contributed by atoms with Crippen LogP contribution >= 0.6 is 15.9 Å². The van der Waals surface area contributed by atoms with Crippen LogP contribution in [0.5, 0.6) is 0 Å². The predicted molar refractivity (Wildman–Crippen MR) is 65.7 cm³/mol. The predicted octanol–water partition coefficient (Wildman–Crippen LogP) is 1.32. The Morgan fingerprint density at radius 2 is 1.78 bits per heavy atom. The van der Waals surface area contributed by atoms with Crippen molar-refractivity contribution in [1.29, 1.82) is 0 Å². The molecule has 0 bridgehead atoms. The number of hydrogen-bond donors (Lipinski definition) is 1. The van der Waals surface area contributed by atoms with E-state index in [2.05, 4.69) is 21.2 Å². The van der Waals surface area contributed by atoms with Gasteiger partial charge >= 0.3 is 0 Å². The summed E-state index contributed by atoms with van der Waals surface area (Å²) in [4.78, 5) is -0.620. The van der Waals surface area contributed by atoms with Gasteiger partial charge in [-0.25, -0.2) is 17.2 Å². The molecule has 0 atom stereocenters. The van der Waals surface area contributed by atoms with E-state index in [9.17, 15) is 17.2 Å². The first-order chi connectivity index (χ1) is 8.43. The van der Waals surface area contributed by atoms with E-state index < -0.39 is 26.6 Å². The van der Waals surface area contributed by atoms with E-state index in [1.54, 1.807) is 0 Å². The van der Waals surface area contributed by atoms with Gasteiger partial charge in [-0.15, -0.1) is 0 Å². The molecule has 8 heteroatoms. The van der Waals surface area contributed by atoms with Crippen LogP contribution in [0.4, 0.5) is 8.78 Å². The van der Waals surface area contributed by atoms with E-state index in [4.69, 9.17) is 0 Å². The topological polar surface area (TPSA) is 49.4 Å². The number of nitrogens with zero attached hydrogens (tertiary/aromatic N) is 1. The zero-order valence-corrected chi connectivity index (χ0v) is 11.7. The van der Waals surface area contributed by atoms with E-state index in [0.717, 1.165) is 10.4 Å². The molecule has 0 amide bonds. The normalized spacial score (nSPS) is 17.9. The minimum Gasteiger partial charge on any atom is -0.314 e. The lowest BCUT2D eigenvalue weighted by atomic mass is 10.3. The Hall–Kier alpha value is -0.570. The maximum absolute atomic E-state index is 13.7. The van der Waals surface area contributed by atoms with Gasteiger partial charge < -0.3 is 5.32 Å². The van der Waals surface area contributed by atoms with Crippen LogP contribution in [0, 0.1) is 11.6 Å². The third kappa shape index (κ3) is 2.56. The van der Waals surface area contributed by atoms with Crippen molar-refractivity contribution in [3.05, 3.63) is 28.2 Å². The van der Waals surface area contributed by atoms with E-state index in [0.29, 0.717) is 19.2 Å². The smallest absolute Gasteiger partial charge is 0.246 e. The molecule has 100 valence electrons. The van der Waals surface area contributed by atoms with Crippen LogP contribution in [0.15, 0.2) is 21.5 Å². The van der Waals surface area contributed by atoms with Crippen molar-refractivity contribution in [2.24, 2.45) is 0 Å². The molecule has 0 unspecified atom stereocenters. The average Bonchev–Trinajstić information content (AvgIpc) is 2.34. The van der Waals surface area contributed by atoms with Gasteiger partial charge in [0.05, 0.1) is 4.47 Å². The Kier molecular flexibility index (Phi) is 4.00. The summed E-state index contributed by atoms with van der Waals surface area (Å²) in [5, 5.41) is 2.99. The molecular weight excluding hydrogens is 330 g/mol. The molecule has 1 aliphatic heterocycles. The largest absolute Gasteiger partial charge is 0.314 e. The summed E-state index contributed by atoms with van der Waals surface area (Å²) in [6.07, 6.45) is 0. The summed E-state index contributed by atoms with van der Waals surface area (Å²) in [7, 11) is -3.97. The molecule has 1 aliphatic rings. The number of hydrogen-bond acceptors (Lipinski definition) is 3. The van der Waals surface area contributed by atoms with Gasteiger partial charge in [-0.1, -0.05) is 0 Å². The maximum Gasteiger partial charge on any atom is 0.246 e. The summed E-state index contributed by atoms with van der Waals surface area (Å²) >= 11 is 2.81. The Morgan fingerprint density at radius 3 is 2.39 bits per heavy atom. The highest BCUT2D eigenvalue weighted by molar-refractivity contribution is 9.10. The number of sulfonamides is 1. The van der Waals surface area contributed by atoms with Gasteiger partial charge in [0.1, 0.15) is 16.5 Å². The monoisotopic (exact) mass is 340 g/mol. The van der Waals surface area contributed by atoms with E-state index in [-0.39, 0.29) is 17.6 Å². The number of halogens is 3. The molecule has 0 spiro atoms. The van der Waals surface area contributed by atoms with Crippen molar-refractivity contribution < 1.29 is 17.2 Å². The highest BCUT2D eigenvalue weighted by Gasteiger charge is 2.29.